The summed E-state index contributed by atoms with van der Waals surface area (Å²) in [4.78, 5) is 4.08. The molecule has 0 aliphatic carbocycles. The molecule has 0 bridgehead atoms. The molecule has 7 heteroatoms. The van der Waals surface area contributed by atoms with E-state index in [2.05, 4.69) is 15.5 Å². The number of hydrogen-bond donors (Lipinski definition) is 2. The van der Waals surface area contributed by atoms with Gasteiger partial charge in [-0.2, -0.15) is 4.98 Å². The standard InChI is InChI=1S/C14H17N3O4/c1-9-16-14(17-21-9)8-15-7-11(18)10-2-3-12-13(6-10)20-5-4-19-12/h2-3,6,11,15,18H,4-5,7-8H2,1H3. The molecule has 1 aliphatic rings. The van der Waals surface area contributed by atoms with Crippen LogP contribution in [0.3, 0.4) is 0 Å². The molecule has 112 valence electrons. The highest BCUT2D eigenvalue weighted by Crippen LogP contribution is 2.32. The fourth-order valence-electron chi connectivity index (χ4n) is 2.12. The van der Waals surface area contributed by atoms with E-state index in [4.69, 9.17) is 14.0 Å². The van der Waals surface area contributed by atoms with Gasteiger partial charge in [-0.15, -0.1) is 0 Å². The summed E-state index contributed by atoms with van der Waals surface area (Å²) in [7, 11) is 0. The predicted molar refractivity (Wildman–Crippen MR) is 73.1 cm³/mol. The Labute approximate surface area is 121 Å². The first-order valence-electron chi connectivity index (χ1n) is 6.80. The Kier molecular flexibility index (Phi) is 4.03. The lowest BCUT2D eigenvalue weighted by Crippen LogP contribution is -2.22. The van der Waals surface area contributed by atoms with Crippen molar-refractivity contribution < 1.29 is 19.1 Å². The van der Waals surface area contributed by atoms with E-state index in [1.54, 1.807) is 13.0 Å². The molecule has 2 aromatic rings. The van der Waals surface area contributed by atoms with Gasteiger partial charge in [0.15, 0.2) is 17.3 Å². The van der Waals surface area contributed by atoms with Crippen LogP contribution in [0.1, 0.15) is 23.4 Å². The van der Waals surface area contributed by atoms with Gasteiger partial charge in [0.2, 0.25) is 5.89 Å². The van der Waals surface area contributed by atoms with Crippen molar-refractivity contribution >= 4 is 0 Å². The Morgan fingerprint density at radius 3 is 2.86 bits per heavy atom. The molecule has 0 fully saturated rings. The Bertz CT molecular complexity index is 614. The van der Waals surface area contributed by atoms with Gasteiger partial charge in [0.1, 0.15) is 13.2 Å². The van der Waals surface area contributed by atoms with Crippen molar-refractivity contribution in [3.8, 4) is 11.5 Å². The monoisotopic (exact) mass is 291 g/mol. The van der Waals surface area contributed by atoms with Crippen LogP contribution in [0.25, 0.3) is 0 Å². The van der Waals surface area contributed by atoms with Crippen LogP contribution in [-0.4, -0.2) is 35.0 Å². The summed E-state index contributed by atoms with van der Waals surface area (Å²) in [5.74, 6) is 2.49. The molecular weight excluding hydrogens is 274 g/mol. The summed E-state index contributed by atoms with van der Waals surface area (Å²) in [5.41, 5.74) is 0.774. The van der Waals surface area contributed by atoms with Crippen molar-refractivity contribution in [2.45, 2.75) is 19.6 Å². The topological polar surface area (TPSA) is 89.6 Å². The lowest BCUT2D eigenvalue weighted by Gasteiger charge is -2.20. The fourth-order valence-corrected chi connectivity index (χ4v) is 2.12. The molecule has 0 saturated heterocycles. The summed E-state index contributed by atoms with van der Waals surface area (Å²) in [6.07, 6.45) is -0.645. The minimum Gasteiger partial charge on any atom is -0.486 e. The molecule has 1 unspecified atom stereocenters. The quantitative estimate of drug-likeness (QED) is 0.848. The van der Waals surface area contributed by atoms with Crippen LogP contribution in [0, 0.1) is 6.92 Å². The molecule has 7 nitrogen and oxygen atoms in total. The molecule has 21 heavy (non-hydrogen) atoms. The van der Waals surface area contributed by atoms with Gasteiger partial charge >= 0.3 is 0 Å². The van der Waals surface area contributed by atoms with E-state index in [-0.39, 0.29) is 0 Å². The number of nitrogens with zero attached hydrogens (tertiary/aromatic N) is 2. The highest BCUT2D eigenvalue weighted by molar-refractivity contribution is 5.44. The van der Waals surface area contributed by atoms with Crippen molar-refractivity contribution in [3.05, 3.63) is 35.5 Å². The lowest BCUT2D eigenvalue weighted by atomic mass is 10.1. The molecule has 0 saturated carbocycles. The van der Waals surface area contributed by atoms with E-state index in [1.165, 1.54) is 0 Å². The lowest BCUT2D eigenvalue weighted by molar-refractivity contribution is 0.163. The number of benzene rings is 1. The highest BCUT2D eigenvalue weighted by Gasteiger charge is 2.15. The zero-order valence-electron chi connectivity index (χ0n) is 11.7. The van der Waals surface area contributed by atoms with Gasteiger partial charge in [0, 0.05) is 13.5 Å². The molecule has 2 heterocycles. The summed E-state index contributed by atoms with van der Waals surface area (Å²) >= 11 is 0. The maximum atomic E-state index is 10.2. The molecular formula is C14H17N3O4. The van der Waals surface area contributed by atoms with Crippen molar-refractivity contribution in [2.75, 3.05) is 19.8 Å². The van der Waals surface area contributed by atoms with Crippen LogP contribution in [0.4, 0.5) is 0 Å². The minimum absolute atomic E-state index is 0.382. The first-order chi connectivity index (χ1) is 10.2. The number of aromatic nitrogens is 2. The van der Waals surface area contributed by atoms with Gasteiger partial charge in [-0.25, -0.2) is 0 Å². The van der Waals surface area contributed by atoms with E-state index in [0.29, 0.717) is 49.5 Å². The summed E-state index contributed by atoms with van der Waals surface area (Å²) in [5, 5.41) is 17.0. The fraction of sp³-hybridized carbons (Fsp3) is 0.429. The summed E-state index contributed by atoms with van der Waals surface area (Å²) in [6, 6.07) is 5.45. The SMILES string of the molecule is Cc1nc(CNCC(O)c2ccc3c(c2)OCCO3)no1. The van der Waals surface area contributed by atoms with E-state index in [9.17, 15) is 5.11 Å². The molecule has 0 radical (unpaired) electrons. The molecule has 0 spiro atoms. The molecule has 1 aliphatic heterocycles. The van der Waals surface area contributed by atoms with Crippen LogP contribution in [0.5, 0.6) is 11.5 Å². The van der Waals surface area contributed by atoms with Gasteiger partial charge in [-0.05, 0) is 17.7 Å². The number of ether oxygens (including phenoxy) is 2. The summed E-state index contributed by atoms with van der Waals surface area (Å²) < 4.78 is 15.8. The van der Waals surface area contributed by atoms with Gasteiger partial charge < -0.3 is 24.4 Å². The normalized spacial score (nSPS) is 15.0. The second-order valence-corrected chi connectivity index (χ2v) is 4.78. The number of hydrogen-bond acceptors (Lipinski definition) is 7. The Morgan fingerprint density at radius 1 is 1.29 bits per heavy atom. The second-order valence-electron chi connectivity index (χ2n) is 4.78. The molecule has 3 rings (SSSR count). The zero-order chi connectivity index (χ0) is 14.7. The third-order valence-corrected chi connectivity index (χ3v) is 3.14. The molecule has 1 aromatic carbocycles. The van der Waals surface area contributed by atoms with Gasteiger partial charge in [0.05, 0.1) is 12.6 Å². The number of aliphatic hydroxyl groups is 1. The number of aryl methyl sites for hydroxylation is 1. The Hall–Kier alpha value is -2.12. The largest absolute Gasteiger partial charge is 0.486 e. The number of rotatable bonds is 5. The molecule has 2 N–H and O–H groups in total. The number of aliphatic hydroxyl groups excluding tert-OH is 1. The van der Waals surface area contributed by atoms with E-state index < -0.39 is 6.10 Å². The van der Waals surface area contributed by atoms with Crippen molar-refractivity contribution in [3.63, 3.8) is 0 Å². The first kappa shape index (κ1) is 13.8. The molecule has 1 aromatic heterocycles. The van der Waals surface area contributed by atoms with Crippen LogP contribution >= 0.6 is 0 Å². The van der Waals surface area contributed by atoms with Crippen LogP contribution < -0.4 is 14.8 Å². The maximum absolute atomic E-state index is 10.2. The van der Waals surface area contributed by atoms with Crippen molar-refractivity contribution in [1.29, 1.82) is 0 Å². The minimum atomic E-state index is -0.645. The van der Waals surface area contributed by atoms with Crippen LogP contribution in [-0.2, 0) is 6.54 Å². The summed E-state index contributed by atoms with van der Waals surface area (Å²) in [6.45, 7) is 3.65. The zero-order valence-corrected chi connectivity index (χ0v) is 11.7. The van der Waals surface area contributed by atoms with E-state index in [0.717, 1.165) is 5.56 Å². The third kappa shape index (κ3) is 3.32. The van der Waals surface area contributed by atoms with E-state index >= 15 is 0 Å². The first-order valence-corrected chi connectivity index (χ1v) is 6.80. The average Bonchev–Trinajstić information content (AvgIpc) is 2.92. The molecule has 1 atom stereocenters. The predicted octanol–water partition coefficient (Wildman–Crippen LogP) is 0.972. The van der Waals surface area contributed by atoms with Gasteiger partial charge in [-0.3, -0.25) is 0 Å². The van der Waals surface area contributed by atoms with Crippen LogP contribution in [0.15, 0.2) is 22.7 Å². The Balaban J connectivity index is 1.56. The average molecular weight is 291 g/mol. The highest BCUT2D eigenvalue weighted by atomic mass is 16.6. The van der Waals surface area contributed by atoms with Gasteiger partial charge in [0.25, 0.3) is 0 Å². The Morgan fingerprint density at radius 2 is 2.10 bits per heavy atom. The van der Waals surface area contributed by atoms with Crippen molar-refractivity contribution in [1.82, 2.24) is 15.5 Å². The van der Waals surface area contributed by atoms with Crippen LogP contribution in [0.2, 0.25) is 0 Å². The third-order valence-electron chi connectivity index (χ3n) is 3.14. The van der Waals surface area contributed by atoms with Crippen molar-refractivity contribution in [2.24, 2.45) is 0 Å². The maximum Gasteiger partial charge on any atom is 0.223 e. The molecule has 0 amide bonds. The van der Waals surface area contributed by atoms with Gasteiger partial charge in [-0.1, -0.05) is 11.2 Å². The number of nitrogens with one attached hydrogen (secondary N) is 1. The number of fused-ring (bicyclic) bond motifs is 1. The smallest absolute Gasteiger partial charge is 0.223 e. The van der Waals surface area contributed by atoms with E-state index in [1.807, 2.05) is 12.1 Å². The second kappa shape index (κ2) is 6.11.